The predicted molar refractivity (Wildman–Crippen MR) is 105 cm³/mol. The van der Waals surface area contributed by atoms with Gasteiger partial charge in [-0.2, -0.15) is 0 Å². The maximum Gasteiger partial charge on any atom is 0.409 e. The second-order valence-corrected chi connectivity index (χ2v) is 7.04. The zero-order valence-corrected chi connectivity index (χ0v) is 15.9. The number of hydrogen-bond donors (Lipinski definition) is 1. The van der Waals surface area contributed by atoms with Crippen molar-refractivity contribution in [1.29, 1.82) is 0 Å². The monoisotopic (exact) mass is 387 g/mol. The van der Waals surface area contributed by atoms with E-state index < -0.39 is 0 Å². The van der Waals surface area contributed by atoms with E-state index in [4.69, 9.17) is 21.3 Å². The molecule has 0 saturated carbocycles. The average molecular weight is 388 g/mol. The fourth-order valence-electron chi connectivity index (χ4n) is 3.63. The van der Waals surface area contributed by atoms with E-state index in [-0.39, 0.29) is 12.1 Å². The van der Waals surface area contributed by atoms with E-state index in [0.29, 0.717) is 24.7 Å². The molecule has 1 saturated heterocycles. The molecule has 0 unspecified atom stereocenters. The third-order valence-electron chi connectivity index (χ3n) is 4.90. The number of ether oxygens (including phenoxy) is 1. The van der Waals surface area contributed by atoms with Crippen molar-refractivity contribution in [2.24, 2.45) is 0 Å². The van der Waals surface area contributed by atoms with Gasteiger partial charge in [0.2, 0.25) is 0 Å². The zero-order chi connectivity index (χ0) is 18.8. The van der Waals surface area contributed by atoms with Crippen LogP contribution in [-0.4, -0.2) is 51.8 Å². The van der Waals surface area contributed by atoms with Gasteiger partial charge in [0.05, 0.1) is 17.3 Å². The smallest absolute Gasteiger partial charge is 0.409 e. The van der Waals surface area contributed by atoms with Gasteiger partial charge in [0.15, 0.2) is 11.5 Å². The summed E-state index contributed by atoms with van der Waals surface area (Å²) in [6.07, 6.45) is 9.18. The predicted octanol–water partition coefficient (Wildman–Crippen LogP) is 3.38. The Labute approximate surface area is 162 Å². The number of likely N-dealkylation sites (tertiary alicyclic amines) is 1. The van der Waals surface area contributed by atoms with Crippen LogP contribution in [0.15, 0.2) is 30.5 Å². The summed E-state index contributed by atoms with van der Waals surface area (Å²) < 4.78 is 7.31. The Bertz CT molecular complexity index is 912. The van der Waals surface area contributed by atoms with Gasteiger partial charge in [-0.15, -0.1) is 0 Å². The minimum Gasteiger partial charge on any atom is -0.450 e. The van der Waals surface area contributed by atoms with Crippen LogP contribution >= 0.6 is 11.6 Å². The van der Waals surface area contributed by atoms with Gasteiger partial charge in [-0.05, 0) is 31.9 Å². The Morgan fingerprint density at radius 2 is 2.22 bits per heavy atom. The van der Waals surface area contributed by atoms with Gasteiger partial charge in [0.1, 0.15) is 5.52 Å². The summed E-state index contributed by atoms with van der Waals surface area (Å²) in [6, 6.07) is 2.05. The van der Waals surface area contributed by atoms with E-state index in [1.807, 2.05) is 25.1 Å². The van der Waals surface area contributed by atoms with Gasteiger partial charge in [-0.25, -0.2) is 14.8 Å². The molecule has 2 aliphatic rings. The number of allylic oxidation sites excluding steroid dienone is 2. The van der Waals surface area contributed by atoms with E-state index in [9.17, 15) is 4.79 Å². The molecule has 4 rings (SSSR count). The number of carbonyl (C=O) groups is 1. The molecule has 4 heterocycles. The lowest BCUT2D eigenvalue weighted by atomic mass is 10.0. The molecule has 27 heavy (non-hydrogen) atoms. The Kier molecular flexibility index (Phi) is 5.03. The molecule has 7 nitrogen and oxygen atoms in total. The number of carbonyl (C=O) groups excluding carboxylic acids is 1. The standard InChI is InChI=1S/C19H22ClN5O2/c1-2-27-19(26)24-9-6-14(7-10-24)25-17-16(11-13(20)12-22-17)23-18(25)15-5-3-4-8-21-15/h3-5,11-12,14,21H,2,6-10H2,1H3. The molecule has 142 valence electrons. The molecule has 1 fully saturated rings. The molecule has 0 spiro atoms. The lowest BCUT2D eigenvalue weighted by Crippen LogP contribution is -2.39. The van der Waals surface area contributed by atoms with Crippen LogP contribution in [0, 0.1) is 0 Å². The molecule has 0 aromatic carbocycles. The summed E-state index contributed by atoms with van der Waals surface area (Å²) in [6.45, 7) is 4.30. The van der Waals surface area contributed by atoms with Gasteiger partial charge in [-0.3, -0.25) is 0 Å². The molecule has 1 amide bonds. The second kappa shape index (κ2) is 7.60. The number of nitrogens with one attached hydrogen (secondary N) is 1. The summed E-state index contributed by atoms with van der Waals surface area (Å²) in [5.74, 6) is 0.860. The second-order valence-electron chi connectivity index (χ2n) is 6.61. The summed E-state index contributed by atoms with van der Waals surface area (Å²) in [7, 11) is 0. The van der Waals surface area contributed by atoms with Crippen molar-refractivity contribution in [3.8, 4) is 0 Å². The highest BCUT2D eigenvalue weighted by atomic mass is 35.5. The highest BCUT2D eigenvalue weighted by molar-refractivity contribution is 6.31. The highest BCUT2D eigenvalue weighted by Gasteiger charge is 2.28. The number of hydrogen-bond acceptors (Lipinski definition) is 5. The molecular formula is C19H22ClN5O2. The first-order chi connectivity index (χ1) is 13.2. The zero-order valence-electron chi connectivity index (χ0n) is 15.2. The summed E-state index contributed by atoms with van der Waals surface area (Å²) >= 11 is 6.12. The first-order valence-corrected chi connectivity index (χ1v) is 9.61. The van der Waals surface area contributed by atoms with Crippen molar-refractivity contribution in [3.63, 3.8) is 0 Å². The number of pyridine rings is 1. The minimum absolute atomic E-state index is 0.206. The number of piperidine rings is 1. The molecular weight excluding hydrogens is 366 g/mol. The first kappa shape index (κ1) is 17.9. The third-order valence-corrected chi connectivity index (χ3v) is 5.11. The van der Waals surface area contributed by atoms with Crippen LogP contribution in [0.4, 0.5) is 4.79 Å². The number of rotatable bonds is 3. The van der Waals surface area contributed by atoms with E-state index in [1.54, 1.807) is 11.1 Å². The van der Waals surface area contributed by atoms with Crippen molar-refractivity contribution in [3.05, 3.63) is 41.3 Å². The van der Waals surface area contributed by atoms with Crippen LogP contribution < -0.4 is 5.32 Å². The lowest BCUT2D eigenvalue weighted by molar-refractivity contribution is 0.0929. The fourth-order valence-corrected chi connectivity index (χ4v) is 3.78. The number of aromatic nitrogens is 3. The molecule has 2 aromatic rings. The van der Waals surface area contributed by atoms with Gasteiger partial charge >= 0.3 is 6.09 Å². The molecule has 0 radical (unpaired) electrons. The Morgan fingerprint density at radius 1 is 1.41 bits per heavy atom. The number of imidazole rings is 1. The Morgan fingerprint density at radius 3 is 2.93 bits per heavy atom. The normalized spacial score (nSPS) is 17.7. The van der Waals surface area contributed by atoms with Gasteiger partial charge < -0.3 is 19.5 Å². The third kappa shape index (κ3) is 3.51. The summed E-state index contributed by atoms with van der Waals surface area (Å²) in [5, 5.41) is 3.95. The molecule has 2 aromatic heterocycles. The maximum absolute atomic E-state index is 12.0. The number of halogens is 1. The van der Waals surface area contributed by atoms with Crippen molar-refractivity contribution >= 4 is 34.6 Å². The van der Waals surface area contributed by atoms with Crippen LogP contribution in [0.2, 0.25) is 5.02 Å². The lowest BCUT2D eigenvalue weighted by Gasteiger charge is -2.33. The highest BCUT2D eigenvalue weighted by Crippen LogP contribution is 2.31. The molecule has 0 aliphatic carbocycles. The largest absolute Gasteiger partial charge is 0.450 e. The Balaban J connectivity index is 1.67. The SMILES string of the molecule is CCOC(=O)N1CCC(n2c(C3=CC=CCN3)nc3cc(Cl)cnc32)CC1. The van der Waals surface area contributed by atoms with Crippen LogP contribution in [0.1, 0.15) is 31.6 Å². The topological polar surface area (TPSA) is 72.3 Å². The average Bonchev–Trinajstić information content (AvgIpc) is 3.07. The maximum atomic E-state index is 12.0. The van der Waals surface area contributed by atoms with Gasteiger partial charge in [0, 0.05) is 31.9 Å². The summed E-state index contributed by atoms with van der Waals surface area (Å²) in [4.78, 5) is 23.1. The molecule has 2 aliphatic heterocycles. The molecule has 0 bridgehead atoms. The van der Waals surface area contributed by atoms with Crippen LogP contribution in [0.3, 0.4) is 0 Å². The first-order valence-electron chi connectivity index (χ1n) is 9.23. The Hall–Kier alpha value is -2.54. The number of dihydropyridines is 1. The number of nitrogens with zero attached hydrogens (tertiary/aromatic N) is 4. The van der Waals surface area contributed by atoms with Gasteiger partial charge in [0.25, 0.3) is 0 Å². The van der Waals surface area contributed by atoms with Crippen molar-refractivity contribution < 1.29 is 9.53 Å². The van der Waals surface area contributed by atoms with Crippen LogP contribution in [0.5, 0.6) is 0 Å². The quantitative estimate of drug-likeness (QED) is 0.874. The van der Waals surface area contributed by atoms with Crippen molar-refractivity contribution in [2.45, 2.75) is 25.8 Å². The van der Waals surface area contributed by atoms with Crippen molar-refractivity contribution in [1.82, 2.24) is 24.8 Å². The minimum atomic E-state index is -0.238. The van der Waals surface area contributed by atoms with Crippen LogP contribution in [0.25, 0.3) is 16.9 Å². The number of amides is 1. The van der Waals surface area contributed by atoms with E-state index in [0.717, 1.165) is 42.1 Å². The van der Waals surface area contributed by atoms with Crippen molar-refractivity contribution in [2.75, 3.05) is 26.2 Å². The van der Waals surface area contributed by atoms with E-state index in [1.165, 1.54) is 0 Å². The summed E-state index contributed by atoms with van der Waals surface area (Å²) in [5.41, 5.74) is 2.57. The number of fused-ring (bicyclic) bond motifs is 1. The molecule has 0 atom stereocenters. The van der Waals surface area contributed by atoms with E-state index in [2.05, 4.69) is 20.9 Å². The van der Waals surface area contributed by atoms with Gasteiger partial charge in [-0.1, -0.05) is 23.8 Å². The molecule has 8 heteroatoms. The van der Waals surface area contributed by atoms with E-state index >= 15 is 0 Å². The fraction of sp³-hybridized carbons (Fsp3) is 0.421. The van der Waals surface area contributed by atoms with Crippen LogP contribution in [-0.2, 0) is 4.74 Å². The molecule has 1 N–H and O–H groups in total.